The van der Waals surface area contributed by atoms with E-state index in [4.69, 9.17) is 11.6 Å². The van der Waals surface area contributed by atoms with Gasteiger partial charge >= 0.3 is 0 Å². The molecule has 0 bridgehead atoms. The number of rotatable bonds is 2. The van der Waals surface area contributed by atoms with Gasteiger partial charge in [0.05, 0.1) is 0 Å². The lowest BCUT2D eigenvalue weighted by atomic mass is 10.1. The van der Waals surface area contributed by atoms with E-state index < -0.39 is 0 Å². The van der Waals surface area contributed by atoms with Gasteiger partial charge in [-0.05, 0) is 30.5 Å². The fraction of sp³-hybridized carbons (Fsp3) is 0.417. The molecule has 1 aliphatic heterocycles. The van der Waals surface area contributed by atoms with Crippen molar-refractivity contribution in [1.29, 1.82) is 0 Å². The third kappa shape index (κ3) is 2.25. The van der Waals surface area contributed by atoms with Crippen molar-refractivity contribution in [2.75, 3.05) is 16.8 Å². The Kier molecular flexibility index (Phi) is 3.55. The van der Waals surface area contributed by atoms with E-state index in [-0.39, 0.29) is 5.91 Å². The van der Waals surface area contributed by atoms with Crippen molar-refractivity contribution in [3.05, 3.63) is 28.8 Å². The molecule has 1 aliphatic rings. The van der Waals surface area contributed by atoms with Crippen LogP contribution in [0.3, 0.4) is 0 Å². The molecule has 2 nitrogen and oxygen atoms in total. The minimum Gasteiger partial charge on any atom is -0.312 e. The molecule has 0 aromatic heterocycles. The van der Waals surface area contributed by atoms with Crippen molar-refractivity contribution in [1.82, 2.24) is 0 Å². The molecule has 1 fully saturated rings. The minimum absolute atomic E-state index is 0.190. The molecule has 86 valence electrons. The number of hydrogen-bond acceptors (Lipinski definition) is 1. The second kappa shape index (κ2) is 4.76. The van der Waals surface area contributed by atoms with Gasteiger partial charge in [0.2, 0.25) is 5.91 Å². The molecular formula is C12H13BrClNO. The van der Waals surface area contributed by atoms with Crippen LogP contribution in [0.1, 0.15) is 12.0 Å². The van der Waals surface area contributed by atoms with Crippen LogP contribution in [0.15, 0.2) is 18.2 Å². The number of amides is 1. The Hall–Kier alpha value is -0.540. The Labute approximate surface area is 109 Å². The number of hydrogen-bond donors (Lipinski definition) is 0. The predicted molar refractivity (Wildman–Crippen MR) is 70.4 cm³/mol. The highest BCUT2D eigenvalue weighted by molar-refractivity contribution is 9.09. The zero-order valence-corrected chi connectivity index (χ0v) is 11.4. The second-order valence-corrected chi connectivity index (χ2v) is 5.24. The summed E-state index contributed by atoms with van der Waals surface area (Å²) in [6, 6.07) is 5.67. The quantitative estimate of drug-likeness (QED) is 0.767. The molecule has 1 saturated heterocycles. The van der Waals surface area contributed by atoms with Gasteiger partial charge in [-0.15, -0.1) is 0 Å². The molecule has 1 amide bonds. The topological polar surface area (TPSA) is 20.3 Å². The number of nitrogens with zero attached hydrogens (tertiary/aromatic N) is 1. The normalized spacial score (nSPS) is 20.6. The van der Waals surface area contributed by atoms with E-state index >= 15 is 0 Å². The fourth-order valence-electron chi connectivity index (χ4n) is 1.99. The van der Waals surface area contributed by atoms with E-state index in [1.54, 1.807) is 0 Å². The highest BCUT2D eigenvalue weighted by Crippen LogP contribution is 2.30. The van der Waals surface area contributed by atoms with Gasteiger partial charge in [-0.2, -0.15) is 0 Å². The van der Waals surface area contributed by atoms with Gasteiger partial charge in [-0.25, -0.2) is 0 Å². The summed E-state index contributed by atoms with van der Waals surface area (Å²) < 4.78 is 0. The van der Waals surface area contributed by atoms with Gasteiger partial charge in [-0.3, -0.25) is 4.79 Å². The van der Waals surface area contributed by atoms with Crippen LogP contribution in [0, 0.1) is 12.8 Å². The van der Waals surface area contributed by atoms with Crippen LogP contribution in [0.4, 0.5) is 5.69 Å². The lowest BCUT2D eigenvalue weighted by molar-refractivity contribution is -0.117. The fourth-order valence-corrected chi connectivity index (χ4v) is 2.59. The van der Waals surface area contributed by atoms with Crippen molar-refractivity contribution >= 4 is 39.1 Å². The van der Waals surface area contributed by atoms with E-state index in [0.717, 1.165) is 23.1 Å². The van der Waals surface area contributed by atoms with E-state index in [1.807, 2.05) is 30.0 Å². The third-order valence-corrected chi connectivity index (χ3v) is 4.04. The maximum absolute atomic E-state index is 11.9. The van der Waals surface area contributed by atoms with E-state index in [9.17, 15) is 4.79 Å². The highest BCUT2D eigenvalue weighted by atomic mass is 79.9. The highest BCUT2D eigenvalue weighted by Gasteiger charge is 2.30. The average molecular weight is 303 g/mol. The first-order valence-electron chi connectivity index (χ1n) is 5.24. The molecule has 4 heteroatoms. The molecule has 1 aromatic rings. The first-order chi connectivity index (χ1) is 7.61. The summed E-state index contributed by atoms with van der Waals surface area (Å²) >= 11 is 9.40. The largest absolute Gasteiger partial charge is 0.312 e. The van der Waals surface area contributed by atoms with Crippen molar-refractivity contribution in [2.45, 2.75) is 13.3 Å². The summed E-state index contributed by atoms with van der Waals surface area (Å²) in [5.41, 5.74) is 2.04. The minimum atomic E-state index is 0.190. The first-order valence-corrected chi connectivity index (χ1v) is 6.74. The molecule has 1 aromatic carbocycles. The Bertz CT molecular complexity index is 421. The molecule has 0 saturated carbocycles. The molecule has 16 heavy (non-hydrogen) atoms. The summed E-state index contributed by atoms with van der Waals surface area (Å²) in [5.74, 6) is 0.598. The summed E-state index contributed by atoms with van der Waals surface area (Å²) in [4.78, 5) is 13.7. The van der Waals surface area contributed by atoms with Crippen LogP contribution in [-0.4, -0.2) is 17.8 Å². The summed E-state index contributed by atoms with van der Waals surface area (Å²) in [6.45, 7) is 2.78. The smallest absolute Gasteiger partial charge is 0.227 e. The zero-order valence-electron chi connectivity index (χ0n) is 9.04. The van der Waals surface area contributed by atoms with Gasteiger partial charge in [0.25, 0.3) is 0 Å². The Morgan fingerprint density at radius 1 is 1.56 bits per heavy atom. The van der Waals surface area contributed by atoms with Gasteiger partial charge in [0.15, 0.2) is 0 Å². The van der Waals surface area contributed by atoms with Crippen molar-refractivity contribution in [2.24, 2.45) is 5.92 Å². The molecule has 0 N–H and O–H groups in total. The van der Waals surface area contributed by atoms with E-state index in [0.29, 0.717) is 17.4 Å². The lowest BCUT2D eigenvalue weighted by Crippen LogP contribution is -2.25. The Morgan fingerprint density at radius 2 is 2.31 bits per heavy atom. The van der Waals surface area contributed by atoms with E-state index in [2.05, 4.69) is 15.9 Å². The number of carbonyl (C=O) groups is 1. The number of aryl methyl sites for hydroxylation is 1. The summed E-state index contributed by atoms with van der Waals surface area (Å²) in [6.07, 6.45) is 0.622. The maximum atomic E-state index is 11.9. The second-order valence-electron chi connectivity index (χ2n) is 4.16. The first kappa shape index (κ1) is 11.9. The summed E-state index contributed by atoms with van der Waals surface area (Å²) in [7, 11) is 0. The number of anilines is 1. The molecular weight excluding hydrogens is 289 g/mol. The maximum Gasteiger partial charge on any atom is 0.227 e. The van der Waals surface area contributed by atoms with Crippen LogP contribution < -0.4 is 4.90 Å². The molecule has 1 heterocycles. The molecule has 2 rings (SSSR count). The van der Waals surface area contributed by atoms with Crippen molar-refractivity contribution in [3.63, 3.8) is 0 Å². The molecule has 0 radical (unpaired) electrons. The van der Waals surface area contributed by atoms with Gasteiger partial charge < -0.3 is 4.90 Å². The molecule has 1 atom stereocenters. The SMILES string of the molecule is Cc1ccc(Cl)cc1N1CC(CBr)CC1=O. The van der Waals surface area contributed by atoms with Crippen LogP contribution in [0.25, 0.3) is 0 Å². The van der Waals surface area contributed by atoms with Crippen LogP contribution in [0.5, 0.6) is 0 Å². The zero-order chi connectivity index (χ0) is 11.7. The van der Waals surface area contributed by atoms with Crippen LogP contribution >= 0.6 is 27.5 Å². The van der Waals surface area contributed by atoms with Crippen LogP contribution in [0.2, 0.25) is 5.02 Å². The number of carbonyl (C=O) groups excluding carboxylic acids is 1. The monoisotopic (exact) mass is 301 g/mol. The Morgan fingerprint density at radius 3 is 2.94 bits per heavy atom. The van der Waals surface area contributed by atoms with Crippen molar-refractivity contribution in [3.8, 4) is 0 Å². The molecule has 1 unspecified atom stereocenters. The van der Waals surface area contributed by atoms with E-state index in [1.165, 1.54) is 0 Å². The number of halogens is 2. The number of alkyl halides is 1. The standard InChI is InChI=1S/C12H13BrClNO/c1-8-2-3-10(14)5-11(8)15-7-9(6-13)4-12(15)16/h2-3,5,9H,4,6-7H2,1H3. The Balaban J connectivity index is 2.30. The summed E-state index contributed by atoms with van der Waals surface area (Å²) in [5, 5.41) is 1.55. The lowest BCUT2D eigenvalue weighted by Gasteiger charge is -2.19. The molecule has 0 spiro atoms. The molecule has 0 aliphatic carbocycles. The van der Waals surface area contributed by atoms with Gasteiger partial charge in [0, 0.05) is 29.0 Å². The predicted octanol–water partition coefficient (Wildman–Crippen LogP) is 3.40. The van der Waals surface area contributed by atoms with Crippen molar-refractivity contribution < 1.29 is 4.79 Å². The number of benzene rings is 1. The average Bonchev–Trinajstić information content (AvgIpc) is 2.63. The van der Waals surface area contributed by atoms with Gasteiger partial charge in [0.1, 0.15) is 0 Å². The third-order valence-electron chi connectivity index (χ3n) is 2.89. The van der Waals surface area contributed by atoms with Crippen LogP contribution in [-0.2, 0) is 4.79 Å². The van der Waals surface area contributed by atoms with Gasteiger partial charge in [-0.1, -0.05) is 33.6 Å².